The maximum absolute atomic E-state index is 11.2. The maximum Gasteiger partial charge on any atom is 0.293 e. The van der Waals surface area contributed by atoms with E-state index in [2.05, 4.69) is 10.6 Å². The Hall–Kier alpha value is -4.78. The van der Waals surface area contributed by atoms with E-state index in [1.165, 1.54) is 19.9 Å². The monoisotopic (exact) mass is 467 g/mol. The van der Waals surface area contributed by atoms with Crippen molar-refractivity contribution < 1.29 is 14.5 Å². The van der Waals surface area contributed by atoms with Gasteiger partial charge in [-0.25, -0.2) is 0 Å². The lowest BCUT2D eigenvalue weighted by atomic mass is 10.0. The highest BCUT2D eigenvalue weighted by Gasteiger charge is 2.19. The van der Waals surface area contributed by atoms with Crippen molar-refractivity contribution in [1.29, 1.82) is 0 Å². The Morgan fingerprint density at radius 3 is 1.66 bits per heavy atom. The molecule has 7 heteroatoms. The zero-order chi connectivity index (χ0) is 25.2. The lowest BCUT2D eigenvalue weighted by molar-refractivity contribution is -0.383. The summed E-state index contributed by atoms with van der Waals surface area (Å²) < 4.78 is 0. The molecule has 0 aliphatic rings. The summed E-state index contributed by atoms with van der Waals surface area (Å²) in [5.74, 6) is -0.394. The maximum atomic E-state index is 11.2. The van der Waals surface area contributed by atoms with Crippen LogP contribution in [-0.4, -0.2) is 16.7 Å². The van der Waals surface area contributed by atoms with Crippen LogP contribution in [0.1, 0.15) is 13.8 Å². The molecule has 0 spiro atoms. The van der Waals surface area contributed by atoms with Crippen LogP contribution in [0.25, 0.3) is 22.3 Å². The number of carbonyl (C=O) groups is 2. The molecule has 0 saturated carbocycles. The quantitative estimate of drug-likeness (QED) is 0.257. The van der Waals surface area contributed by atoms with Crippen LogP contribution >= 0.6 is 0 Å². The Balaban J connectivity index is 0.000000198. The molecular formula is C28H25N3O4. The van der Waals surface area contributed by atoms with Crippen molar-refractivity contribution in [2.45, 2.75) is 13.8 Å². The third-order valence-electron chi connectivity index (χ3n) is 4.95. The molecule has 0 bridgehead atoms. The molecule has 2 N–H and O–H groups in total. The minimum absolute atomic E-state index is 0.0524. The molecule has 0 saturated heterocycles. The smallest absolute Gasteiger partial charge is 0.293 e. The molecule has 7 nitrogen and oxygen atoms in total. The number of amides is 2. The number of nitro benzene ring substituents is 1. The van der Waals surface area contributed by atoms with Gasteiger partial charge in [0.2, 0.25) is 11.8 Å². The number of anilines is 2. The third kappa shape index (κ3) is 6.85. The molecular weight excluding hydrogens is 442 g/mol. The molecule has 0 unspecified atom stereocenters. The summed E-state index contributed by atoms with van der Waals surface area (Å²) in [6.45, 7) is 2.84. The SMILES string of the molecule is CC(=O)Nc1c(-c2ccccc2)cccc1[N+](=O)[O-].CC(=O)Nc1ccccc1-c1ccccc1. The Bertz CT molecular complexity index is 1320. The highest BCUT2D eigenvalue weighted by atomic mass is 16.6. The van der Waals surface area contributed by atoms with E-state index in [0.29, 0.717) is 5.56 Å². The second kappa shape index (κ2) is 11.9. The number of rotatable bonds is 5. The first-order chi connectivity index (χ1) is 16.9. The molecule has 0 fully saturated rings. The fourth-order valence-electron chi connectivity index (χ4n) is 3.51. The first-order valence-electron chi connectivity index (χ1n) is 10.9. The van der Waals surface area contributed by atoms with E-state index in [1.54, 1.807) is 12.1 Å². The average Bonchev–Trinajstić information content (AvgIpc) is 2.85. The van der Waals surface area contributed by atoms with E-state index in [-0.39, 0.29) is 23.2 Å². The van der Waals surface area contributed by atoms with Crippen molar-refractivity contribution in [3.05, 3.63) is 113 Å². The van der Waals surface area contributed by atoms with Gasteiger partial charge < -0.3 is 10.6 Å². The van der Waals surface area contributed by atoms with Crippen molar-refractivity contribution in [2.24, 2.45) is 0 Å². The highest BCUT2D eigenvalue weighted by molar-refractivity contribution is 5.97. The van der Waals surface area contributed by atoms with Gasteiger partial charge in [0.15, 0.2) is 0 Å². The van der Waals surface area contributed by atoms with Gasteiger partial charge in [-0.1, -0.05) is 91.0 Å². The van der Waals surface area contributed by atoms with Crippen LogP contribution in [0, 0.1) is 10.1 Å². The first kappa shape index (κ1) is 24.9. The van der Waals surface area contributed by atoms with Crippen LogP contribution in [0.2, 0.25) is 0 Å². The number of hydrogen-bond donors (Lipinski definition) is 2. The first-order valence-corrected chi connectivity index (χ1v) is 10.9. The molecule has 4 aromatic carbocycles. The van der Waals surface area contributed by atoms with E-state index < -0.39 is 4.92 Å². The molecule has 0 atom stereocenters. The summed E-state index contributed by atoms with van der Waals surface area (Å²) in [5.41, 5.74) is 4.55. The molecule has 2 amide bonds. The van der Waals surface area contributed by atoms with Crippen molar-refractivity contribution in [1.82, 2.24) is 0 Å². The fourth-order valence-corrected chi connectivity index (χ4v) is 3.51. The zero-order valence-electron chi connectivity index (χ0n) is 19.4. The summed E-state index contributed by atoms with van der Waals surface area (Å²) >= 11 is 0. The van der Waals surface area contributed by atoms with Crippen LogP contribution < -0.4 is 10.6 Å². The number of hydrogen-bond acceptors (Lipinski definition) is 4. The Labute approximate surface area is 203 Å². The molecule has 35 heavy (non-hydrogen) atoms. The molecule has 0 radical (unpaired) electrons. The molecule has 0 aromatic heterocycles. The van der Waals surface area contributed by atoms with Crippen molar-refractivity contribution >= 4 is 28.9 Å². The third-order valence-corrected chi connectivity index (χ3v) is 4.95. The van der Waals surface area contributed by atoms with Gasteiger partial charge in [0.1, 0.15) is 5.69 Å². The van der Waals surface area contributed by atoms with Crippen LogP contribution in [0.3, 0.4) is 0 Å². The van der Waals surface area contributed by atoms with Crippen LogP contribution in [0.4, 0.5) is 17.1 Å². The molecule has 4 rings (SSSR count). The van der Waals surface area contributed by atoms with Gasteiger partial charge in [-0.3, -0.25) is 19.7 Å². The Morgan fingerprint density at radius 1 is 0.629 bits per heavy atom. The van der Waals surface area contributed by atoms with Crippen LogP contribution in [-0.2, 0) is 9.59 Å². The largest absolute Gasteiger partial charge is 0.326 e. The number of para-hydroxylation sites is 2. The minimum atomic E-state index is -0.502. The number of nitro groups is 1. The lowest BCUT2D eigenvalue weighted by Crippen LogP contribution is -2.09. The van der Waals surface area contributed by atoms with Gasteiger partial charge in [0, 0.05) is 36.7 Å². The van der Waals surface area contributed by atoms with Gasteiger partial charge in [-0.15, -0.1) is 0 Å². The summed E-state index contributed by atoms with van der Waals surface area (Å²) in [6, 6.07) is 31.7. The van der Waals surface area contributed by atoms with Crippen molar-refractivity contribution in [3.63, 3.8) is 0 Å². The summed E-state index contributed by atoms with van der Waals surface area (Å²) in [6.07, 6.45) is 0. The summed E-state index contributed by atoms with van der Waals surface area (Å²) in [7, 11) is 0. The normalized spacial score (nSPS) is 9.89. The minimum Gasteiger partial charge on any atom is -0.326 e. The van der Waals surface area contributed by atoms with Gasteiger partial charge in [0.25, 0.3) is 5.69 Å². The molecule has 0 aliphatic heterocycles. The van der Waals surface area contributed by atoms with Crippen molar-refractivity contribution in [3.8, 4) is 22.3 Å². The van der Waals surface area contributed by atoms with Crippen LogP contribution in [0.5, 0.6) is 0 Å². The predicted molar refractivity (Wildman–Crippen MR) is 139 cm³/mol. The Morgan fingerprint density at radius 2 is 1.11 bits per heavy atom. The van der Waals surface area contributed by atoms with Gasteiger partial charge in [0.05, 0.1) is 4.92 Å². The Kier molecular flexibility index (Phi) is 8.45. The van der Waals surface area contributed by atoms with Gasteiger partial charge in [-0.05, 0) is 17.2 Å². The molecule has 0 heterocycles. The van der Waals surface area contributed by atoms with Gasteiger partial charge in [-0.2, -0.15) is 0 Å². The second-order valence-electron chi connectivity index (χ2n) is 7.60. The average molecular weight is 468 g/mol. The lowest BCUT2D eigenvalue weighted by Gasteiger charge is -2.10. The molecule has 4 aromatic rings. The number of benzene rings is 4. The van der Waals surface area contributed by atoms with Crippen molar-refractivity contribution in [2.75, 3.05) is 10.6 Å². The fraction of sp³-hybridized carbons (Fsp3) is 0.0714. The van der Waals surface area contributed by atoms with Gasteiger partial charge >= 0.3 is 0 Å². The van der Waals surface area contributed by atoms with E-state index in [9.17, 15) is 19.7 Å². The summed E-state index contributed by atoms with van der Waals surface area (Å²) in [5, 5.41) is 16.4. The zero-order valence-corrected chi connectivity index (χ0v) is 19.4. The number of nitrogens with zero attached hydrogens (tertiary/aromatic N) is 1. The van der Waals surface area contributed by atoms with E-state index in [0.717, 1.165) is 22.4 Å². The summed E-state index contributed by atoms with van der Waals surface area (Å²) in [4.78, 5) is 32.9. The molecule has 0 aliphatic carbocycles. The van der Waals surface area contributed by atoms with E-state index in [1.807, 2.05) is 84.9 Å². The van der Waals surface area contributed by atoms with E-state index in [4.69, 9.17) is 0 Å². The highest BCUT2D eigenvalue weighted by Crippen LogP contribution is 2.35. The number of nitrogens with one attached hydrogen (secondary N) is 2. The number of carbonyl (C=O) groups excluding carboxylic acids is 2. The van der Waals surface area contributed by atoms with E-state index >= 15 is 0 Å². The topological polar surface area (TPSA) is 101 Å². The standard InChI is InChI=1S/C14H12N2O3.C14H13NO/c1-10(17)15-14-12(11-6-3-2-4-7-11)8-5-9-13(14)16(18)19;1-11(16)15-14-10-6-5-9-13(14)12-7-3-2-4-8-12/h2-9H,1H3,(H,15,17);2-10H,1H3,(H,15,16). The predicted octanol–water partition coefficient (Wildman–Crippen LogP) is 6.53. The second-order valence-corrected chi connectivity index (χ2v) is 7.60. The van der Waals surface area contributed by atoms with Crippen LogP contribution in [0.15, 0.2) is 103 Å². The molecule has 176 valence electrons.